The maximum Gasteiger partial charge on any atom is 0.232 e. The van der Waals surface area contributed by atoms with E-state index in [-0.39, 0.29) is 11.2 Å². The minimum atomic E-state index is -0.212. The Hall–Kier alpha value is -1.40. The highest BCUT2D eigenvalue weighted by Gasteiger charge is 2.34. The van der Waals surface area contributed by atoms with Crippen molar-refractivity contribution in [1.82, 2.24) is 15.5 Å². The molecule has 1 aliphatic heterocycles. The molecule has 3 rings (SSSR count). The van der Waals surface area contributed by atoms with Gasteiger partial charge < -0.3 is 9.84 Å². The third-order valence-corrected chi connectivity index (χ3v) is 4.93. The van der Waals surface area contributed by atoms with Gasteiger partial charge in [-0.05, 0) is 38.1 Å². The van der Waals surface area contributed by atoms with Crippen molar-refractivity contribution in [3.63, 3.8) is 0 Å². The van der Waals surface area contributed by atoms with E-state index in [0.29, 0.717) is 22.4 Å². The zero-order chi connectivity index (χ0) is 14.7. The second-order valence-corrected chi connectivity index (χ2v) is 6.56. The van der Waals surface area contributed by atoms with Crippen LogP contribution in [0.4, 0.5) is 4.39 Å². The first-order chi connectivity index (χ1) is 10.2. The number of benzene rings is 1. The summed E-state index contributed by atoms with van der Waals surface area (Å²) in [6.45, 7) is 4.10. The highest BCUT2D eigenvalue weighted by Crippen LogP contribution is 2.32. The zero-order valence-electron chi connectivity index (χ0n) is 11.9. The first-order valence-corrected chi connectivity index (χ1v) is 8.07. The summed E-state index contributed by atoms with van der Waals surface area (Å²) in [7, 11) is 0. The van der Waals surface area contributed by atoms with E-state index in [4.69, 9.17) is 4.52 Å². The second kappa shape index (κ2) is 6.15. The second-order valence-electron chi connectivity index (χ2n) is 5.55. The van der Waals surface area contributed by atoms with Crippen LogP contribution in [0.25, 0.3) is 0 Å². The van der Waals surface area contributed by atoms with Crippen molar-refractivity contribution in [1.29, 1.82) is 0 Å². The number of hydrogen-bond acceptors (Lipinski definition) is 5. The first-order valence-electron chi connectivity index (χ1n) is 7.08. The molecule has 1 aliphatic rings. The van der Waals surface area contributed by atoms with Gasteiger partial charge in [0.2, 0.25) is 5.89 Å². The van der Waals surface area contributed by atoms with E-state index < -0.39 is 0 Å². The van der Waals surface area contributed by atoms with Crippen LogP contribution >= 0.6 is 11.8 Å². The van der Waals surface area contributed by atoms with Crippen molar-refractivity contribution in [3.05, 3.63) is 41.8 Å². The predicted octanol–water partition coefficient (Wildman–Crippen LogP) is 3.14. The average molecular weight is 307 g/mol. The highest BCUT2D eigenvalue weighted by molar-refractivity contribution is 7.98. The fourth-order valence-electron chi connectivity index (χ4n) is 2.45. The van der Waals surface area contributed by atoms with E-state index in [0.717, 1.165) is 25.9 Å². The van der Waals surface area contributed by atoms with Gasteiger partial charge in [0.15, 0.2) is 5.82 Å². The summed E-state index contributed by atoms with van der Waals surface area (Å²) in [5.74, 6) is 1.63. The zero-order valence-corrected chi connectivity index (χ0v) is 12.8. The Labute approximate surface area is 127 Å². The van der Waals surface area contributed by atoms with Crippen LogP contribution in [-0.2, 0) is 11.2 Å². The van der Waals surface area contributed by atoms with Crippen LogP contribution in [0, 0.1) is 5.82 Å². The number of aromatic nitrogens is 2. The maximum absolute atomic E-state index is 13.6. The molecular formula is C15H18FN3OS. The summed E-state index contributed by atoms with van der Waals surface area (Å²) in [6, 6.07) is 6.72. The molecule has 1 saturated heterocycles. The van der Waals surface area contributed by atoms with Crippen molar-refractivity contribution in [2.75, 3.05) is 13.1 Å². The van der Waals surface area contributed by atoms with Gasteiger partial charge in [-0.3, -0.25) is 0 Å². The minimum absolute atomic E-state index is 0.0425. The monoisotopic (exact) mass is 307 g/mol. The summed E-state index contributed by atoms with van der Waals surface area (Å²) in [5.41, 5.74) is -0.0425. The minimum Gasteiger partial charge on any atom is -0.339 e. The normalized spacial score (nSPS) is 17.8. The molecule has 0 atom stereocenters. The molecule has 0 radical (unpaired) electrons. The van der Waals surface area contributed by atoms with Gasteiger partial charge in [0.05, 0.1) is 5.75 Å². The molecule has 2 heterocycles. The Balaban J connectivity index is 1.67. The first kappa shape index (κ1) is 14.5. The Morgan fingerprint density at radius 1 is 1.33 bits per heavy atom. The molecule has 2 aromatic rings. The SMILES string of the molecule is CC1(c2nc(CSc3ccccc3F)no2)CCNCC1. The lowest BCUT2D eigenvalue weighted by atomic mass is 9.81. The highest BCUT2D eigenvalue weighted by atomic mass is 32.2. The lowest BCUT2D eigenvalue weighted by Crippen LogP contribution is -2.37. The number of hydrogen-bond donors (Lipinski definition) is 1. The lowest BCUT2D eigenvalue weighted by Gasteiger charge is -2.30. The molecule has 0 unspecified atom stereocenters. The van der Waals surface area contributed by atoms with Gasteiger partial charge >= 0.3 is 0 Å². The Morgan fingerprint density at radius 2 is 2.10 bits per heavy atom. The molecule has 6 heteroatoms. The summed E-state index contributed by atoms with van der Waals surface area (Å²) in [4.78, 5) is 5.11. The van der Waals surface area contributed by atoms with Crippen LogP contribution in [-0.4, -0.2) is 23.2 Å². The van der Waals surface area contributed by atoms with E-state index >= 15 is 0 Å². The number of nitrogens with zero attached hydrogens (tertiary/aromatic N) is 2. The van der Waals surface area contributed by atoms with Gasteiger partial charge in [0.1, 0.15) is 5.82 Å². The average Bonchev–Trinajstić information content (AvgIpc) is 2.97. The summed E-state index contributed by atoms with van der Waals surface area (Å²) in [5, 5.41) is 7.37. The van der Waals surface area contributed by atoms with Gasteiger partial charge in [-0.25, -0.2) is 4.39 Å². The molecular weight excluding hydrogens is 289 g/mol. The molecule has 0 saturated carbocycles. The number of thioether (sulfide) groups is 1. The van der Waals surface area contributed by atoms with E-state index in [9.17, 15) is 4.39 Å². The van der Waals surface area contributed by atoms with E-state index in [1.807, 2.05) is 6.07 Å². The summed E-state index contributed by atoms with van der Waals surface area (Å²) >= 11 is 1.39. The van der Waals surface area contributed by atoms with Gasteiger partial charge in [0.25, 0.3) is 0 Å². The largest absolute Gasteiger partial charge is 0.339 e. The number of rotatable bonds is 4. The van der Waals surface area contributed by atoms with Crippen LogP contribution < -0.4 is 5.32 Å². The van der Waals surface area contributed by atoms with Gasteiger partial charge in [-0.15, -0.1) is 11.8 Å². The Bertz CT molecular complexity index is 610. The van der Waals surface area contributed by atoms with Crippen molar-refractivity contribution >= 4 is 11.8 Å². The predicted molar refractivity (Wildman–Crippen MR) is 79.7 cm³/mol. The molecule has 0 bridgehead atoms. The summed E-state index contributed by atoms with van der Waals surface area (Å²) < 4.78 is 19.0. The fourth-order valence-corrected chi connectivity index (χ4v) is 3.24. The molecule has 1 N–H and O–H groups in total. The van der Waals surface area contributed by atoms with Crippen LogP contribution in [0.5, 0.6) is 0 Å². The van der Waals surface area contributed by atoms with E-state index in [2.05, 4.69) is 22.4 Å². The van der Waals surface area contributed by atoms with Gasteiger partial charge in [0, 0.05) is 10.3 Å². The molecule has 1 aromatic heterocycles. The molecule has 0 aliphatic carbocycles. The molecule has 4 nitrogen and oxygen atoms in total. The third-order valence-electron chi connectivity index (χ3n) is 3.88. The molecule has 1 fully saturated rings. The quantitative estimate of drug-likeness (QED) is 0.879. The van der Waals surface area contributed by atoms with E-state index in [1.165, 1.54) is 17.8 Å². The summed E-state index contributed by atoms with van der Waals surface area (Å²) in [6.07, 6.45) is 1.99. The standard InChI is InChI=1S/C15H18FN3OS/c1-15(6-8-17-9-7-15)14-18-13(19-20-14)10-21-12-5-3-2-4-11(12)16/h2-5,17H,6-10H2,1H3. The van der Waals surface area contributed by atoms with E-state index in [1.54, 1.807) is 12.1 Å². The fraction of sp³-hybridized carbons (Fsp3) is 0.467. The van der Waals surface area contributed by atoms with Crippen LogP contribution in [0.2, 0.25) is 0 Å². The molecule has 1 aromatic carbocycles. The van der Waals surface area contributed by atoms with Crippen molar-refractivity contribution < 1.29 is 8.91 Å². The Kier molecular flexibility index (Phi) is 4.26. The van der Waals surface area contributed by atoms with Gasteiger partial charge in [-0.2, -0.15) is 4.98 Å². The smallest absolute Gasteiger partial charge is 0.232 e. The third kappa shape index (κ3) is 3.27. The van der Waals surface area contributed by atoms with Crippen LogP contribution in [0.1, 0.15) is 31.5 Å². The molecule has 0 amide bonds. The molecule has 0 spiro atoms. The van der Waals surface area contributed by atoms with Crippen molar-refractivity contribution in [2.24, 2.45) is 0 Å². The Morgan fingerprint density at radius 3 is 2.86 bits per heavy atom. The van der Waals surface area contributed by atoms with Crippen molar-refractivity contribution in [2.45, 2.75) is 35.8 Å². The van der Waals surface area contributed by atoms with Crippen molar-refractivity contribution in [3.8, 4) is 0 Å². The van der Waals surface area contributed by atoms with Crippen LogP contribution in [0.15, 0.2) is 33.7 Å². The van der Waals surface area contributed by atoms with Gasteiger partial charge in [-0.1, -0.05) is 24.2 Å². The number of piperidine rings is 1. The molecule has 112 valence electrons. The topological polar surface area (TPSA) is 51.0 Å². The van der Waals surface area contributed by atoms with Crippen LogP contribution in [0.3, 0.4) is 0 Å². The lowest BCUT2D eigenvalue weighted by molar-refractivity contribution is 0.240. The molecule has 21 heavy (non-hydrogen) atoms. The maximum atomic E-state index is 13.6. The number of halogens is 1. The number of nitrogens with one attached hydrogen (secondary N) is 1.